The Morgan fingerprint density at radius 1 is 1.09 bits per heavy atom. The van der Waals surface area contributed by atoms with Crippen molar-refractivity contribution < 1.29 is 9.53 Å². The van der Waals surface area contributed by atoms with Crippen LogP contribution in [0.15, 0.2) is 54.6 Å². The highest BCUT2D eigenvalue weighted by molar-refractivity contribution is 6.30. The minimum atomic E-state index is -0.329. The van der Waals surface area contributed by atoms with Gasteiger partial charge in [-0.15, -0.1) is 0 Å². The van der Waals surface area contributed by atoms with Gasteiger partial charge in [0, 0.05) is 18.0 Å². The van der Waals surface area contributed by atoms with Crippen molar-refractivity contribution in [2.24, 2.45) is 0 Å². The molecule has 3 nitrogen and oxygen atoms in total. The molecule has 0 radical (unpaired) electrons. The lowest BCUT2D eigenvalue weighted by molar-refractivity contribution is 0.0261. The first kappa shape index (κ1) is 16.5. The molecule has 1 unspecified atom stereocenters. The van der Waals surface area contributed by atoms with Gasteiger partial charge >= 0.3 is 5.97 Å². The van der Waals surface area contributed by atoms with E-state index in [2.05, 4.69) is 4.90 Å². The number of benzene rings is 2. The Hall–Kier alpha value is -1.84. The van der Waals surface area contributed by atoms with Crippen molar-refractivity contribution in [1.82, 2.24) is 4.90 Å². The van der Waals surface area contributed by atoms with Crippen molar-refractivity contribution in [2.45, 2.75) is 12.5 Å². The molecule has 2 rings (SSSR count). The van der Waals surface area contributed by atoms with Gasteiger partial charge in [0.2, 0.25) is 0 Å². The number of carbonyl (C=O) groups excluding carboxylic acids is 1. The highest BCUT2D eigenvalue weighted by atomic mass is 35.5. The van der Waals surface area contributed by atoms with Gasteiger partial charge in [0.25, 0.3) is 0 Å². The summed E-state index contributed by atoms with van der Waals surface area (Å²) in [5.41, 5.74) is 1.52. The maximum absolute atomic E-state index is 12.3. The fraction of sp³-hybridized carbons (Fsp3) is 0.278. The second-order valence-corrected chi connectivity index (χ2v) is 5.84. The van der Waals surface area contributed by atoms with Gasteiger partial charge in [0.1, 0.15) is 6.10 Å². The van der Waals surface area contributed by atoms with Crippen molar-refractivity contribution >= 4 is 17.6 Å². The van der Waals surface area contributed by atoms with E-state index in [4.69, 9.17) is 16.3 Å². The maximum atomic E-state index is 12.3. The molecular formula is C18H20ClNO2. The van der Waals surface area contributed by atoms with Crippen LogP contribution in [0.1, 0.15) is 28.4 Å². The Bertz CT molecular complexity index is 596. The van der Waals surface area contributed by atoms with E-state index in [0.717, 1.165) is 18.5 Å². The van der Waals surface area contributed by atoms with Gasteiger partial charge in [-0.05, 0) is 43.9 Å². The van der Waals surface area contributed by atoms with E-state index in [1.54, 1.807) is 24.3 Å². The van der Waals surface area contributed by atoms with Crippen molar-refractivity contribution in [3.63, 3.8) is 0 Å². The highest BCUT2D eigenvalue weighted by Crippen LogP contribution is 2.23. The molecule has 0 aliphatic rings. The zero-order valence-electron chi connectivity index (χ0n) is 12.8. The molecule has 0 saturated heterocycles. The summed E-state index contributed by atoms with van der Waals surface area (Å²) in [4.78, 5) is 14.4. The third kappa shape index (κ3) is 4.86. The van der Waals surface area contributed by atoms with Crippen molar-refractivity contribution in [3.05, 3.63) is 70.7 Å². The standard InChI is InChI=1S/C18H20ClNO2/c1-20(2)13-12-17(14-6-4-3-5-7-14)22-18(21)15-8-10-16(19)11-9-15/h3-11,17H,12-13H2,1-2H3. The summed E-state index contributed by atoms with van der Waals surface area (Å²) in [6.07, 6.45) is 0.489. The van der Waals surface area contributed by atoms with Crippen LogP contribution in [0, 0.1) is 0 Å². The minimum Gasteiger partial charge on any atom is -0.454 e. The van der Waals surface area contributed by atoms with Crippen molar-refractivity contribution in [2.75, 3.05) is 20.6 Å². The van der Waals surface area contributed by atoms with Crippen LogP contribution in [-0.2, 0) is 4.74 Å². The Morgan fingerprint density at radius 2 is 1.73 bits per heavy atom. The zero-order valence-corrected chi connectivity index (χ0v) is 13.6. The summed E-state index contributed by atoms with van der Waals surface area (Å²) in [5, 5.41) is 0.601. The third-order valence-corrected chi connectivity index (χ3v) is 3.59. The molecule has 0 aliphatic carbocycles. The molecule has 2 aromatic rings. The third-order valence-electron chi connectivity index (χ3n) is 3.34. The fourth-order valence-corrected chi connectivity index (χ4v) is 2.25. The largest absolute Gasteiger partial charge is 0.454 e. The number of ether oxygens (including phenoxy) is 1. The molecule has 0 aromatic heterocycles. The van der Waals surface area contributed by atoms with Crippen LogP contribution in [-0.4, -0.2) is 31.5 Å². The molecule has 0 heterocycles. The van der Waals surface area contributed by atoms with E-state index in [1.165, 1.54) is 0 Å². The van der Waals surface area contributed by atoms with Gasteiger partial charge in [0.05, 0.1) is 5.56 Å². The average Bonchev–Trinajstić information content (AvgIpc) is 2.52. The number of halogens is 1. The van der Waals surface area contributed by atoms with Crippen LogP contribution in [0.2, 0.25) is 5.02 Å². The SMILES string of the molecule is CN(C)CCC(OC(=O)c1ccc(Cl)cc1)c1ccccc1. The zero-order chi connectivity index (χ0) is 15.9. The minimum absolute atomic E-state index is 0.258. The van der Waals surface area contributed by atoms with Gasteiger partial charge in [-0.2, -0.15) is 0 Å². The van der Waals surface area contributed by atoms with Gasteiger partial charge < -0.3 is 9.64 Å². The lowest BCUT2D eigenvalue weighted by Crippen LogP contribution is -2.19. The van der Waals surface area contributed by atoms with Crippen LogP contribution < -0.4 is 0 Å². The first-order valence-corrected chi connectivity index (χ1v) is 7.60. The molecule has 0 amide bonds. The second kappa shape index (κ2) is 7.97. The van der Waals surface area contributed by atoms with Crippen LogP contribution in [0.3, 0.4) is 0 Å². The molecule has 0 saturated carbocycles. The average molecular weight is 318 g/mol. The molecule has 0 fully saturated rings. The summed E-state index contributed by atoms with van der Waals surface area (Å²) >= 11 is 5.84. The number of hydrogen-bond donors (Lipinski definition) is 0. The Morgan fingerprint density at radius 3 is 2.32 bits per heavy atom. The maximum Gasteiger partial charge on any atom is 0.338 e. The molecule has 0 N–H and O–H groups in total. The van der Waals surface area contributed by atoms with E-state index in [1.807, 2.05) is 44.4 Å². The molecule has 4 heteroatoms. The lowest BCUT2D eigenvalue weighted by atomic mass is 10.1. The predicted octanol–water partition coefficient (Wildman–Crippen LogP) is 4.19. The van der Waals surface area contributed by atoms with Gasteiger partial charge in [-0.3, -0.25) is 0 Å². The van der Waals surface area contributed by atoms with Crippen LogP contribution >= 0.6 is 11.6 Å². The molecule has 2 aromatic carbocycles. The Kier molecular flexibility index (Phi) is 5.99. The van der Waals surface area contributed by atoms with Crippen LogP contribution in [0.25, 0.3) is 0 Å². The predicted molar refractivity (Wildman–Crippen MR) is 89.2 cm³/mol. The van der Waals surface area contributed by atoms with Crippen LogP contribution in [0.5, 0.6) is 0 Å². The Balaban J connectivity index is 2.11. The molecule has 0 spiro atoms. The van der Waals surface area contributed by atoms with Gasteiger partial charge in [0.15, 0.2) is 0 Å². The van der Waals surface area contributed by atoms with Gasteiger partial charge in [-0.1, -0.05) is 41.9 Å². The van der Waals surface area contributed by atoms with Gasteiger partial charge in [-0.25, -0.2) is 4.79 Å². The van der Waals surface area contributed by atoms with E-state index in [-0.39, 0.29) is 12.1 Å². The smallest absolute Gasteiger partial charge is 0.338 e. The topological polar surface area (TPSA) is 29.5 Å². The quantitative estimate of drug-likeness (QED) is 0.748. The summed E-state index contributed by atoms with van der Waals surface area (Å²) in [6.45, 7) is 0.841. The summed E-state index contributed by atoms with van der Waals surface area (Å²) < 4.78 is 5.70. The highest BCUT2D eigenvalue weighted by Gasteiger charge is 2.18. The van der Waals surface area contributed by atoms with E-state index in [9.17, 15) is 4.79 Å². The summed E-state index contributed by atoms with van der Waals surface area (Å²) in [7, 11) is 4.01. The normalized spacial score (nSPS) is 12.2. The lowest BCUT2D eigenvalue weighted by Gasteiger charge is -2.20. The second-order valence-electron chi connectivity index (χ2n) is 5.40. The number of esters is 1. The summed E-state index contributed by atoms with van der Waals surface area (Å²) in [6, 6.07) is 16.6. The fourth-order valence-electron chi connectivity index (χ4n) is 2.12. The van der Waals surface area contributed by atoms with E-state index >= 15 is 0 Å². The van der Waals surface area contributed by atoms with Crippen molar-refractivity contribution in [1.29, 1.82) is 0 Å². The molecule has 22 heavy (non-hydrogen) atoms. The molecule has 1 atom stereocenters. The molecule has 0 aliphatic heterocycles. The van der Waals surface area contributed by atoms with E-state index < -0.39 is 0 Å². The number of nitrogens with zero attached hydrogens (tertiary/aromatic N) is 1. The number of hydrogen-bond acceptors (Lipinski definition) is 3. The first-order valence-electron chi connectivity index (χ1n) is 7.22. The van der Waals surface area contributed by atoms with E-state index in [0.29, 0.717) is 10.6 Å². The monoisotopic (exact) mass is 317 g/mol. The first-order chi connectivity index (χ1) is 10.6. The number of carbonyl (C=O) groups is 1. The molecule has 0 bridgehead atoms. The van der Waals surface area contributed by atoms with Crippen LogP contribution in [0.4, 0.5) is 0 Å². The molecule has 116 valence electrons. The summed E-state index contributed by atoms with van der Waals surface area (Å²) in [5.74, 6) is -0.329. The molecular weight excluding hydrogens is 298 g/mol. The van der Waals surface area contributed by atoms with Crippen molar-refractivity contribution in [3.8, 4) is 0 Å². The number of rotatable bonds is 6. The Labute approximate surface area is 136 Å².